The van der Waals surface area contributed by atoms with E-state index in [1.807, 2.05) is 0 Å². The standard InChI is InChI=1S/C26H30N6O4S/c27-24-17-32(14-13-28-24)25(33)19-1-5-20(6-2-19)30-26-29-12-9-23(31-26)18-3-7-21(8-4-18)37(34,35)22-10-15-36-16-11-22/h1-9,12,22,24,28H,10-11,13-17,27H2,(H,29,30,31)/t24-/m0/s1. The van der Waals surface area contributed by atoms with Gasteiger partial charge in [-0.2, -0.15) is 0 Å². The van der Waals surface area contributed by atoms with Gasteiger partial charge in [-0.1, -0.05) is 12.1 Å². The van der Waals surface area contributed by atoms with E-state index >= 15 is 0 Å². The number of amides is 1. The lowest BCUT2D eigenvalue weighted by molar-refractivity contribution is 0.0705. The van der Waals surface area contributed by atoms with Gasteiger partial charge in [0.1, 0.15) is 0 Å². The van der Waals surface area contributed by atoms with E-state index in [1.165, 1.54) is 0 Å². The molecule has 3 aromatic rings. The quantitative estimate of drug-likeness (QED) is 0.444. The highest BCUT2D eigenvalue weighted by Crippen LogP contribution is 2.26. The summed E-state index contributed by atoms with van der Waals surface area (Å²) in [5, 5.41) is 5.88. The van der Waals surface area contributed by atoms with Crippen LogP contribution in [0.2, 0.25) is 0 Å². The number of nitrogens with two attached hydrogens (primary N) is 1. The number of ether oxygens (including phenoxy) is 1. The average molecular weight is 523 g/mol. The summed E-state index contributed by atoms with van der Waals surface area (Å²) in [7, 11) is -3.39. The lowest BCUT2D eigenvalue weighted by Crippen LogP contribution is -2.56. The second-order valence-electron chi connectivity index (χ2n) is 9.16. The summed E-state index contributed by atoms with van der Waals surface area (Å²) in [6.07, 6.45) is 2.47. The third-order valence-electron chi connectivity index (χ3n) is 6.62. The van der Waals surface area contributed by atoms with Crippen LogP contribution in [0.3, 0.4) is 0 Å². The van der Waals surface area contributed by atoms with Gasteiger partial charge in [0.2, 0.25) is 5.95 Å². The lowest BCUT2D eigenvalue weighted by Gasteiger charge is -2.31. The van der Waals surface area contributed by atoms with Crippen LogP contribution in [0.15, 0.2) is 65.7 Å². The summed E-state index contributed by atoms with van der Waals surface area (Å²) in [6.45, 7) is 2.72. The highest BCUT2D eigenvalue weighted by Gasteiger charge is 2.29. The van der Waals surface area contributed by atoms with Crippen molar-refractivity contribution in [2.45, 2.75) is 29.2 Å². The molecule has 1 aromatic heterocycles. The number of nitrogens with one attached hydrogen (secondary N) is 2. The van der Waals surface area contributed by atoms with E-state index in [0.717, 1.165) is 11.3 Å². The maximum Gasteiger partial charge on any atom is 0.253 e. The molecule has 194 valence electrons. The Balaban J connectivity index is 1.26. The smallest absolute Gasteiger partial charge is 0.253 e. The summed E-state index contributed by atoms with van der Waals surface area (Å²) >= 11 is 0. The normalized spacial score (nSPS) is 18.9. The fraction of sp³-hybridized carbons (Fsp3) is 0.346. The molecular weight excluding hydrogens is 492 g/mol. The van der Waals surface area contributed by atoms with Crippen molar-refractivity contribution in [3.8, 4) is 11.3 Å². The van der Waals surface area contributed by atoms with Crippen LogP contribution in [0.4, 0.5) is 11.6 Å². The van der Waals surface area contributed by atoms with Crippen LogP contribution in [0, 0.1) is 0 Å². The minimum atomic E-state index is -3.39. The number of aromatic nitrogens is 2. The number of hydrogen-bond acceptors (Lipinski definition) is 9. The molecule has 2 aliphatic heterocycles. The Morgan fingerprint density at radius 3 is 2.49 bits per heavy atom. The highest BCUT2D eigenvalue weighted by molar-refractivity contribution is 7.92. The van der Waals surface area contributed by atoms with Gasteiger partial charge in [0, 0.05) is 55.9 Å². The summed E-state index contributed by atoms with van der Waals surface area (Å²) in [5.74, 6) is 0.340. The number of hydrogen-bond donors (Lipinski definition) is 3. The van der Waals surface area contributed by atoms with Gasteiger partial charge >= 0.3 is 0 Å². The summed E-state index contributed by atoms with van der Waals surface area (Å²) in [4.78, 5) is 23.7. The molecule has 0 unspecified atom stereocenters. The van der Waals surface area contributed by atoms with Crippen molar-refractivity contribution in [3.63, 3.8) is 0 Å². The fourth-order valence-electron chi connectivity index (χ4n) is 4.54. The number of rotatable bonds is 6. The first kappa shape index (κ1) is 25.3. The van der Waals surface area contributed by atoms with Crippen molar-refractivity contribution in [1.29, 1.82) is 0 Å². The first-order valence-corrected chi connectivity index (χ1v) is 13.9. The van der Waals surface area contributed by atoms with E-state index < -0.39 is 15.1 Å². The topological polar surface area (TPSA) is 140 Å². The van der Waals surface area contributed by atoms with Crippen LogP contribution < -0.4 is 16.4 Å². The van der Waals surface area contributed by atoms with E-state index in [2.05, 4.69) is 20.6 Å². The molecule has 0 saturated carbocycles. The van der Waals surface area contributed by atoms with E-state index in [0.29, 0.717) is 67.8 Å². The zero-order chi connectivity index (χ0) is 25.8. The zero-order valence-corrected chi connectivity index (χ0v) is 21.2. The molecule has 2 aliphatic rings. The summed E-state index contributed by atoms with van der Waals surface area (Å²) in [6, 6.07) is 15.7. The number of carbonyl (C=O) groups is 1. The molecule has 2 fully saturated rings. The molecular formula is C26H30N6O4S. The molecule has 37 heavy (non-hydrogen) atoms. The van der Waals surface area contributed by atoms with Crippen molar-refractivity contribution >= 4 is 27.4 Å². The fourth-order valence-corrected chi connectivity index (χ4v) is 6.26. The van der Waals surface area contributed by atoms with Crippen molar-refractivity contribution in [1.82, 2.24) is 20.2 Å². The van der Waals surface area contributed by atoms with Crippen LogP contribution in [-0.2, 0) is 14.6 Å². The molecule has 5 rings (SSSR count). The molecule has 3 heterocycles. The Labute approximate surface area is 216 Å². The first-order valence-electron chi connectivity index (χ1n) is 12.3. The minimum Gasteiger partial charge on any atom is -0.381 e. The first-order chi connectivity index (χ1) is 17.9. The molecule has 10 nitrogen and oxygen atoms in total. The second kappa shape index (κ2) is 10.9. The van der Waals surface area contributed by atoms with Crippen molar-refractivity contribution in [3.05, 3.63) is 66.4 Å². The Bertz CT molecular complexity index is 1340. The van der Waals surface area contributed by atoms with Crippen molar-refractivity contribution in [2.24, 2.45) is 5.73 Å². The third kappa shape index (κ3) is 5.80. The van der Waals surface area contributed by atoms with Gasteiger partial charge in [-0.3, -0.25) is 10.1 Å². The monoisotopic (exact) mass is 522 g/mol. The largest absolute Gasteiger partial charge is 0.381 e. The average Bonchev–Trinajstić information content (AvgIpc) is 2.94. The highest BCUT2D eigenvalue weighted by atomic mass is 32.2. The number of benzene rings is 2. The zero-order valence-electron chi connectivity index (χ0n) is 20.3. The van der Waals surface area contributed by atoms with Crippen LogP contribution in [0.25, 0.3) is 11.3 Å². The number of carbonyl (C=O) groups excluding carboxylic acids is 1. The summed E-state index contributed by atoms with van der Waals surface area (Å²) < 4.78 is 31.2. The molecule has 0 aliphatic carbocycles. The van der Waals surface area contributed by atoms with Crippen LogP contribution in [0.1, 0.15) is 23.2 Å². The van der Waals surface area contributed by atoms with Crippen LogP contribution >= 0.6 is 0 Å². The number of nitrogens with zero attached hydrogens (tertiary/aromatic N) is 3. The van der Waals surface area contributed by atoms with Gasteiger partial charge in [-0.25, -0.2) is 18.4 Å². The SMILES string of the molecule is N[C@@H]1CN(C(=O)c2ccc(Nc3nccc(-c4ccc(S(=O)(=O)C5CCOCC5)cc4)n3)cc2)CCN1. The third-order valence-corrected chi connectivity index (χ3v) is 8.90. The van der Waals surface area contributed by atoms with Gasteiger partial charge in [-0.15, -0.1) is 0 Å². The van der Waals surface area contributed by atoms with Gasteiger partial charge in [0.05, 0.1) is 22.0 Å². The number of piperazine rings is 1. The molecule has 1 amide bonds. The maximum atomic E-state index is 12.9. The maximum absolute atomic E-state index is 12.9. The van der Waals surface area contributed by atoms with Gasteiger partial charge < -0.3 is 20.7 Å². The lowest BCUT2D eigenvalue weighted by atomic mass is 10.1. The van der Waals surface area contributed by atoms with Gasteiger partial charge in [0.25, 0.3) is 5.91 Å². The molecule has 2 saturated heterocycles. The van der Waals surface area contributed by atoms with E-state index in [9.17, 15) is 13.2 Å². The van der Waals surface area contributed by atoms with E-state index in [-0.39, 0.29) is 12.1 Å². The number of anilines is 2. The van der Waals surface area contributed by atoms with Crippen molar-refractivity contribution in [2.75, 3.05) is 38.2 Å². The molecule has 11 heteroatoms. The Hall–Kier alpha value is -3.38. The second-order valence-corrected chi connectivity index (χ2v) is 11.4. The Kier molecular flexibility index (Phi) is 7.47. The van der Waals surface area contributed by atoms with Crippen molar-refractivity contribution < 1.29 is 17.9 Å². The van der Waals surface area contributed by atoms with Gasteiger partial charge in [0.15, 0.2) is 9.84 Å². The molecule has 4 N–H and O–H groups in total. The minimum absolute atomic E-state index is 0.0518. The van der Waals surface area contributed by atoms with E-state index in [4.69, 9.17) is 10.5 Å². The predicted molar refractivity (Wildman–Crippen MR) is 140 cm³/mol. The van der Waals surface area contributed by atoms with Crippen LogP contribution in [-0.4, -0.2) is 73.5 Å². The predicted octanol–water partition coefficient (Wildman–Crippen LogP) is 2.17. The van der Waals surface area contributed by atoms with Crippen LogP contribution in [0.5, 0.6) is 0 Å². The molecule has 0 spiro atoms. The van der Waals surface area contributed by atoms with E-state index in [1.54, 1.807) is 65.7 Å². The Morgan fingerprint density at radius 1 is 1.05 bits per heavy atom. The summed E-state index contributed by atoms with van der Waals surface area (Å²) in [5.41, 5.74) is 8.68. The molecule has 0 bridgehead atoms. The molecule has 1 atom stereocenters. The molecule has 2 aromatic carbocycles. The Morgan fingerprint density at radius 2 is 1.78 bits per heavy atom. The molecule has 0 radical (unpaired) electrons. The van der Waals surface area contributed by atoms with Gasteiger partial charge in [-0.05, 0) is 55.3 Å². The number of sulfone groups is 1.